The maximum atomic E-state index is 13.0. The van der Waals surface area contributed by atoms with Gasteiger partial charge in [0, 0.05) is 24.7 Å². The highest BCUT2D eigenvalue weighted by molar-refractivity contribution is 5.99. The van der Waals surface area contributed by atoms with Gasteiger partial charge in [-0.25, -0.2) is 0 Å². The summed E-state index contributed by atoms with van der Waals surface area (Å²) in [5, 5.41) is 6.26. The van der Waals surface area contributed by atoms with Gasteiger partial charge < -0.3 is 19.6 Å². The molecule has 1 aromatic carbocycles. The number of piperidine rings is 1. The first-order chi connectivity index (χ1) is 14.7. The zero-order valence-corrected chi connectivity index (χ0v) is 17.2. The maximum absolute atomic E-state index is 13.0. The molecule has 0 unspecified atom stereocenters. The van der Waals surface area contributed by atoms with E-state index in [2.05, 4.69) is 15.4 Å². The van der Waals surface area contributed by atoms with Crippen molar-refractivity contribution in [1.82, 2.24) is 15.0 Å². The van der Waals surface area contributed by atoms with Gasteiger partial charge in [0.25, 0.3) is 5.91 Å². The van der Waals surface area contributed by atoms with Crippen LogP contribution < -0.4 is 5.32 Å². The Labute approximate surface area is 178 Å². The van der Waals surface area contributed by atoms with Crippen molar-refractivity contribution in [1.29, 1.82) is 0 Å². The normalized spacial score (nSPS) is 15.0. The van der Waals surface area contributed by atoms with Crippen molar-refractivity contribution in [3.05, 3.63) is 47.2 Å². The van der Waals surface area contributed by atoms with Crippen molar-refractivity contribution < 1.29 is 27.3 Å². The monoisotopic (exact) mass is 438 g/mol. The van der Waals surface area contributed by atoms with Crippen molar-refractivity contribution in [2.45, 2.75) is 32.4 Å². The van der Waals surface area contributed by atoms with Crippen LogP contribution in [0.25, 0.3) is 0 Å². The van der Waals surface area contributed by atoms with Crippen LogP contribution in [-0.4, -0.2) is 59.5 Å². The predicted octanol–water partition coefficient (Wildman–Crippen LogP) is 3.57. The number of anilines is 1. The number of benzene rings is 1. The first-order valence-electron chi connectivity index (χ1n) is 10.1. The minimum Gasteiger partial charge on any atom is -0.360 e. The molecule has 1 aromatic heterocycles. The lowest BCUT2D eigenvalue weighted by Gasteiger charge is -2.30. The molecule has 1 fully saturated rings. The molecule has 0 bridgehead atoms. The summed E-state index contributed by atoms with van der Waals surface area (Å²) in [6.45, 7) is 4.15. The van der Waals surface area contributed by atoms with Gasteiger partial charge in [-0.05, 0) is 57.1 Å². The minimum absolute atomic E-state index is 0.0942. The summed E-state index contributed by atoms with van der Waals surface area (Å²) in [5.74, 6) is -0.206. The number of rotatable bonds is 7. The van der Waals surface area contributed by atoms with Gasteiger partial charge in [0.05, 0.1) is 5.56 Å². The van der Waals surface area contributed by atoms with Crippen LogP contribution in [0.5, 0.6) is 0 Å². The Balaban J connectivity index is 1.70. The average molecular weight is 438 g/mol. The topological polar surface area (TPSA) is 78.7 Å². The number of nitrogens with one attached hydrogen (secondary N) is 1. The lowest BCUT2D eigenvalue weighted by atomic mass is 10.1. The first-order valence-corrected chi connectivity index (χ1v) is 10.1. The van der Waals surface area contributed by atoms with Crippen LogP contribution in [0.4, 0.5) is 19.0 Å². The first kappa shape index (κ1) is 22.8. The summed E-state index contributed by atoms with van der Waals surface area (Å²) in [5.41, 5.74) is -0.736. The third-order valence-electron chi connectivity index (χ3n) is 5.11. The molecule has 1 N–H and O–H groups in total. The number of hydrogen-bond donors (Lipinski definition) is 1. The molecule has 0 radical (unpaired) electrons. The lowest BCUT2D eigenvalue weighted by molar-refractivity contribution is -0.137. The fourth-order valence-electron chi connectivity index (χ4n) is 3.46. The molecule has 1 aliphatic heterocycles. The van der Waals surface area contributed by atoms with Gasteiger partial charge in [-0.15, -0.1) is 0 Å². The molecule has 3 rings (SSSR count). The molecule has 7 nitrogen and oxygen atoms in total. The van der Waals surface area contributed by atoms with Crippen molar-refractivity contribution in [2.75, 3.05) is 38.0 Å². The van der Waals surface area contributed by atoms with E-state index >= 15 is 0 Å². The molecule has 2 amide bonds. The number of nitrogens with zero attached hydrogens (tertiary/aromatic N) is 3. The Morgan fingerprint density at radius 2 is 1.84 bits per heavy atom. The molecule has 31 heavy (non-hydrogen) atoms. The average Bonchev–Trinajstić information content (AvgIpc) is 3.15. The second-order valence-electron chi connectivity index (χ2n) is 7.58. The molecule has 2 aromatic rings. The Kier molecular flexibility index (Phi) is 7.32. The van der Waals surface area contributed by atoms with Gasteiger partial charge in [-0.3, -0.25) is 9.59 Å². The molecule has 1 saturated heterocycles. The van der Waals surface area contributed by atoms with Crippen LogP contribution in [0, 0.1) is 6.92 Å². The molecule has 0 saturated carbocycles. The summed E-state index contributed by atoms with van der Waals surface area (Å²) < 4.78 is 43.4. The van der Waals surface area contributed by atoms with Crippen LogP contribution in [0.3, 0.4) is 0 Å². The number of aryl methyl sites for hydroxylation is 1. The predicted molar refractivity (Wildman–Crippen MR) is 108 cm³/mol. The largest absolute Gasteiger partial charge is 0.416 e. The van der Waals surface area contributed by atoms with Crippen molar-refractivity contribution in [2.24, 2.45) is 0 Å². The van der Waals surface area contributed by atoms with Crippen molar-refractivity contribution >= 4 is 17.6 Å². The summed E-state index contributed by atoms with van der Waals surface area (Å²) in [6, 6.07) is 5.56. The van der Waals surface area contributed by atoms with Gasteiger partial charge in [-0.1, -0.05) is 11.6 Å². The van der Waals surface area contributed by atoms with Gasteiger partial charge in [0.1, 0.15) is 12.3 Å². The number of carbonyl (C=O) groups is 2. The highest BCUT2D eigenvalue weighted by Gasteiger charge is 2.30. The van der Waals surface area contributed by atoms with Gasteiger partial charge in [-0.2, -0.15) is 13.2 Å². The number of likely N-dealkylation sites (tertiary alicyclic amines) is 1. The highest BCUT2D eigenvalue weighted by Crippen LogP contribution is 2.29. The van der Waals surface area contributed by atoms with E-state index in [0.717, 1.165) is 50.2 Å². The number of aromatic nitrogens is 1. The van der Waals surface area contributed by atoms with E-state index in [1.165, 1.54) is 11.3 Å². The summed E-state index contributed by atoms with van der Waals surface area (Å²) in [7, 11) is 0. The smallest absolute Gasteiger partial charge is 0.360 e. The van der Waals surface area contributed by atoms with Crippen LogP contribution in [0.15, 0.2) is 34.9 Å². The van der Waals surface area contributed by atoms with E-state index in [-0.39, 0.29) is 24.5 Å². The molecule has 0 atom stereocenters. The molecular formula is C21H25F3N4O3. The standard InChI is InChI=1S/C21H25F3N4O3/c1-15-13-18(26-31-15)25-19(29)14-28(12-11-27-9-3-2-4-10-27)20(30)16-5-7-17(8-6-16)21(22,23)24/h5-8,13H,2-4,9-12,14H2,1H3,(H,25,26,29). The fourth-order valence-corrected chi connectivity index (χ4v) is 3.46. The number of halogens is 3. The van der Waals surface area contributed by atoms with E-state index in [1.807, 2.05) is 0 Å². The minimum atomic E-state index is -4.48. The van der Waals surface area contributed by atoms with E-state index in [1.54, 1.807) is 13.0 Å². The Morgan fingerprint density at radius 3 is 2.42 bits per heavy atom. The number of carbonyl (C=O) groups excluding carboxylic acids is 2. The Morgan fingerprint density at radius 1 is 1.16 bits per heavy atom. The third kappa shape index (κ3) is 6.55. The number of hydrogen-bond acceptors (Lipinski definition) is 5. The van der Waals surface area contributed by atoms with Gasteiger partial charge in [0.2, 0.25) is 5.91 Å². The second-order valence-corrected chi connectivity index (χ2v) is 7.58. The van der Waals surface area contributed by atoms with Crippen LogP contribution in [0.2, 0.25) is 0 Å². The summed E-state index contributed by atoms with van der Waals surface area (Å²) in [6.07, 6.45) is -1.15. The van der Waals surface area contributed by atoms with Crippen molar-refractivity contribution in [3.63, 3.8) is 0 Å². The molecule has 2 heterocycles. The van der Waals surface area contributed by atoms with Gasteiger partial charge in [0.15, 0.2) is 5.82 Å². The maximum Gasteiger partial charge on any atom is 0.416 e. The van der Waals surface area contributed by atoms with Crippen LogP contribution in [-0.2, 0) is 11.0 Å². The Hall–Kier alpha value is -2.88. The molecule has 0 aliphatic carbocycles. The fraction of sp³-hybridized carbons (Fsp3) is 0.476. The zero-order chi connectivity index (χ0) is 22.4. The Bertz CT molecular complexity index is 890. The highest BCUT2D eigenvalue weighted by atomic mass is 19.4. The molecule has 10 heteroatoms. The molecular weight excluding hydrogens is 413 g/mol. The SMILES string of the molecule is Cc1cc(NC(=O)CN(CCN2CCCCC2)C(=O)c2ccc(C(F)(F)F)cc2)no1. The van der Waals surface area contributed by atoms with E-state index < -0.39 is 23.6 Å². The summed E-state index contributed by atoms with van der Waals surface area (Å²) in [4.78, 5) is 29.0. The van der Waals surface area contributed by atoms with Crippen molar-refractivity contribution in [3.8, 4) is 0 Å². The third-order valence-corrected chi connectivity index (χ3v) is 5.11. The lowest BCUT2D eigenvalue weighted by Crippen LogP contribution is -2.43. The quantitative estimate of drug-likeness (QED) is 0.715. The second kappa shape index (κ2) is 9.95. The molecule has 0 spiro atoms. The van der Waals surface area contributed by atoms with Gasteiger partial charge >= 0.3 is 6.18 Å². The zero-order valence-electron chi connectivity index (χ0n) is 17.2. The number of amides is 2. The van der Waals surface area contributed by atoms with Crippen LogP contribution in [0.1, 0.15) is 40.9 Å². The summed E-state index contributed by atoms with van der Waals surface area (Å²) >= 11 is 0. The number of alkyl halides is 3. The van der Waals surface area contributed by atoms with E-state index in [4.69, 9.17) is 4.52 Å². The van der Waals surface area contributed by atoms with Crippen LogP contribution >= 0.6 is 0 Å². The molecule has 1 aliphatic rings. The molecule has 168 valence electrons. The van der Waals surface area contributed by atoms with E-state index in [9.17, 15) is 22.8 Å². The van der Waals surface area contributed by atoms with E-state index in [0.29, 0.717) is 12.3 Å².